The molecule has 32 heavy (non-hydrogen) atoms. The molecular formula is C27H21N3O2. The Hall–Kier alpha value is -4.38. The molecule has 4 aromatic carbocycles. The van der Waals surface area contributed by atoms with E-state index in [1.807, 2.05) is 97.1 Å². The third kappa shape index (κ3) is 4.52. The second kappa shape index (κ2) is 8.78. The van der Waals surface area contributed by atoms with Crippen LogP contribution in [0.3, 0.4) is 0 Å². The van der Waals surface area contributed by atoms with E-state index in [1.54, 1.807) is 6.07 Å². The summed E-state index contributed by atoms with van der Waals surface area (Å²) in [6.45, 7) is 0. The standard InChI is InChI=1S/C27H21N3O2/c31-27(28-21-7-6-10-23(18-21)32-22-8-2-1-3-9-22)20-15-13-19(14-16-20)17-26-29-24-11-4-5-12-25(24)30-26/h1-16,18H,17H2,(H,28,31)(H,29,30). The summed E-state index contributed by atoms with van der Waals surface area (Å²) < 4.78 is 5.84. The number of aromatic nitrogens is 2. The molecule has 1 aromatic heterocycles. The minimum absolute atomic E-state index is 0.169. The number of H-pyrrole nitrogens is 1. The molecule has 0 saturated heterocycles. The maximum atomic E-state index is 12.7. The first-order chi connectivity index (χ1) is 15.7. The molecule has 0 unspecified atom stereocenters. The van der Waals surface area contributed by atoms with Crippen molar-refractivity contribution in [3.05, 3.63) is 120 Å². The highest BCUT2D eigenvalue weighted by Crippen LogP contribution is 2.24. The Labute approximate surface area is 185 Å². The minimum atomic E-state index is -0.169. The summed E-state index contributed by atoms with van der Waals surface area (Å²) in [5.41, 5.74) is 4.33. The van der Waals surface area contributed by atoms with Crippen LogP contribution in [0, 0.1) is 0 Å². The van der Waals surface area contributed by atoms with Crippen LogP contribution in [0.1, 0.15) is 21.7 Å². The van der Waals surface area contributed by atoms with Gasteiger partial charge in [0.15, 0.2) is 0 Å². The minimum Gasteiger partial charge on any atom is -0.457 e. The molecule has 0 atom stereocenters. The number of anilines is 1. The van der Waals surface area contributed by atoms with Crippen LogP contribution in [0.4, 0.5) is 5.69 Å². The second-order valence-corrected chi connectivity index (χ2v) is 7.47. The Morgan fingerprint density at radius 3 is 2.38 bits per heavy atom. The fourth-order valence-corrected chi connectivity index (χ4v) is 3.52. The maximum absolute atomic E-state index is 12.7. The number of amides is 1. The van der Waals surface area contributed by atoms with Crippen molar-refractivity contribution < 1.29 is 9.53 Å². The third-order valence-corrected chi connectivity index (χ3v) is 5.10. The molecule has 5 heteroatoms. The molecule has 0 aliphatic heterocycles. The Morgan fingerprint density at radius 1 is 0.812 bits per heavy atom. The molecule has 5 nitrogen and oxygen atoms in total. The zero-order valence-electron chi connectivity index (χ0n) is 17.3. The largest absolute Gasteiger partial charge is 0.457 e. The summed E-state index contributed by atoms with van der Waals surface area (Å²) in [6, 6.07) is 32.4. The van der Waals surface area contributed by atoms with Crippen molar-refractivity contribution in [1.82, 2.24) is 9.97 Å². The number of nitrogens with zero attached hydrogens (tertiary/aromatic N) is 1. The van der Waals surface area contributed by atoms with Crippen molar-refractivity contribution >= 4 is 22.6 Å². The van der Waals surface area contributed by atoms with E-state index in [0.29, 0.717) is 23.4 Å². The Kier molecular flexibility index (Phi) is 5.37. The number of hydrogen-bond donors (Lipinski definition) is 2. The van der Waals surface area contributed by atoms with Gasteiger partial charge in [0.05, 0.1) is 11.0 Å². The lowest BCUT2D eigenvalue weighted by atomic mass is 10.1. The molecule has 0 aliphatic rings. The quantitative estimate of drug-likeness (QED) is 0.344. The molecule has 1 amide bonds. The highest BCUT2D eigenvalue weighted by atomic mass is 16.5. The second-order valence-electron chi connectivity index (χ2n) is 7.47. The number of ether oxygens (including phenoxy) is 1. The molecular weight excluding hydrogens is 398 g/mol. The number of carbonyl (C=O) groups is 1. The van der Waals surface area contributed by atoms with Crippen molar-refractivity contribution in [1.29, 1.82) is 0 Å². The number of para-hydroxylation sites is 3. The summed E-state index contributed by atoms with van der Waals surface area (Å²) in [6.07, 6.45) is 0.676. The normalized spacial score (nSPS) is 10.8. The number of imidazole rings is 1. The number of rotatable bonds is 6. The highest BCUT2D eigenvalue weighted by Gasteiger charge is 2.09. The summed E-state index contributed by atoms with van der Waals surface area (Å²) in [7, 11) is 0. The highest BCUT2D eigenvalue weighted by molar-refractivity contribution is 6.04. The van der Waals surface area contributed by atoms with Crippen molar-refractivity contribution in [2.24, 2.45) is 0 Å². The lowest BCUT2D eigenvalue weighted by Gasteiger charge is -2.09. The maximum Gasteiger partial charge on any atom is 0.255 e. The van der Waals surface area contributed by atoms with E-state index >= 15 is 0 Å². The predicted octanol–water partition coefficient (Wildman–Crippen LogP) is 6.20. The number of hydrogen-bond acceptors (Lipinski definition) is 3. The van der Waals surface area contributed by atoms with E-state index in [2.05, 4.69) is 15.3 Å². The average Bonchev–Trinajstić information content (AvgIpc) is 3.23. The van der Waals surface area contributed by atoms with Gasteiger partial charge in [0.1, 0.15) is 17.3 Å². The van der Waals surface area contributed by atoms with Gasteiger partial charge in [0, 0.05) is 23.7 Å². The smallest absolute Gasteiger partial charge is 0.255 e. The molecule has 5 rings (SSSR count). The lowest BCUT2D eigenvalue weighted by molar-refractivity contribution is 0.102. The van der Waals surface area contributed by atoms with Gasteiger partial charge < -0.3 is 15.0 Å². The van der Waals surface area contributed by atoms with Gasteiger partial charge in [-0.25, -0.2) is 4.98 Å². The molecule has 0 fully saturated rings. The van der Waals surface area contributed by atoms with E-state index in [0.717, 1.165) is 28.2 Å². The van der Waals surface area contributed by atoms with Crippen LogP contribution in [0.2, 0.25) is 0 Å². The summed E-state index contributed by atoms with van der Waals surface area (Å²) >= 11 is 0. The molecule has 5 aromatic rings. The van der Waals surface area contributed by atoms with Gasteiger partial charge in [-0.2, -0.15) is 0 Å². The third-order valence-electron chi connectivity index (χ3n) is 5.10. The summed E-state index contributed by atoms with van der Waals surface area (Å²) in [4.78, 5) is 20.6. The monoisotopic (exact) mass is 419 g/mol. The zero-order chi connectivity index (χ0) is 21.8. The van der Waals surface area contributed by atoms with Gasteiger partial charge in [0.2, 0.25) is 0 Å². The number of carbonyl (C=O) groups excluding carboxylic acids is 1. The molecule has 2 N–H and O–H groups in total. The van der Waals surface area contributed by atoms with E-state index in [-0.39, 0.29) is 5.91 Å². The SMILES string of the molecule is O=C(Nc1cccc(Oc2ccccc2)c1)c1ccc(Cc2nc3ccccc3[nH]2)cc1. The molecule has 1 heterocycles. The number of nitrogens with one attached hydrogen (secondary N) is 2. The Morgan fingerprint density at radius 2 is 1.56 bits per heavy atom. The average molecular weight is 419 g/mol. The Bertz CT molecular complexity index is 1330. The number of benzene rings is 4. The van der Waals surface area contributed by atoms with Crippen molar-refractivity contribution in [3.63, 3.8) is 0 Å². The van der Waals surface area contributed by atoms with E-state index in [9.17, 15) is 4.79 Å². The van der Waals surface area contributed by atoms with Crippen molar-refractivity contribution in [2.45, 2.75) is 6.42 Å². The molecule has 156 valence electrons. The van der Waals surface area contributed by atoms with E-state index < -0.39 is 0 Å². The van der Waals surface area contributed by atoms with Crippen LogP contribution < -0.4 is 10.1 Å². The number of aromatic amines is 1. The number of fused-ring (bicyclic) bond motifs is 1. The fourth-order valence-electron chi connectivity index (χ4n) is 3.52. The van der Waals surface area contributed by atoms with Gasteiger partial charge in [-0.3, -0.25) is 4.79 Å². The first-order valence-corrected chi connectivity index (χ1v) is 10.4. The molecule has 0 radical (unpaired) electrons. The summed E-state index contributed by atoms with van der Waals surface area (Å²) in [5, 5.41) is 2.93. The molecule has 0 bridgehead atoms. The van der Waals surface area contributed by atoms with Gasteiger partial charge in [-0.1, -0.05) is 48.5 Å². The van der Waals surface area contributed by atoms with Gasteiger partial charge in [-0.05, 0) is 54.1 Å². The molecule has 0 spiro atoms. The van der Waals surface area contributed by atoms with Crippen LogP contribution in [0.5, 0.6) is 11.5 Å². The predicted molar refractivity (Wildman–Crippen MR) is 126 cm³/mol. The van der Waals surface area contributed by atoms with Crippen LogP contribution in [0.15, 0.2) is 103 Å². The fraction of sp³-hybridized carbons (Fsp3) is 0.0370. The molecule has 0 aliphatic carbocycles. The zero-order valence-corrected chi connectivity index (χ0v) is 17.3. The van der Waals surface area contributed by atoms with Crippen molar-refractivity contribution in [3.8, 4) is 11.5 Å². The summed E-state index contributed by atoms with van der Waals surface area (Å²) in [5.74, 6) is 2.14. The van der Waals surface area contributed by atoms with Crippen LogP contribution >= 0.6 is 0 Å². The van der Waals surface area contributed by atoms with E-state index in [1.165, 1.54) is 0 Å². The molecule has 0 saturated carbocycles. The van der Waals surface area contributed by atoms with Crippen LogP contribution in [-0.2, 0) is 6.42 Å². The topological polar surface area (TPSA) is 67.0 Å². The Balaban J connectivity index is 1.24. The van der Waals surface area contributed by atoms with Gasteiger partial charge in [-0.15, -0.1) is 0 Å². The van der Waals surface area contributed by atoms with Gasteiger partial charge in [0.25, 0.3) is 5.91 Å². The van der Waals surface area contributed by atoms with E-state index in [4.69, 9.17) is 4.74 Å². The first kappa shape index (κ1) is 19.6. The lowest BCUT2D eigenvalue weighted by Crippen LogP contribution is -2.11. The first-order valence-electron chi connectivity index (χ1n) is 10.4. The van der Waals surface area contributed by atoms with Crippen LogP contribution in [-0.4, -0.2) is 15.9 Å². The van der Waals surface area contributed by atoms with Gasteiger partial charge >= 0.3 is 0 Å². The van der Waals surface area contributed by atoms with Crippen molar-refractivity contribution in [2.75, 3.05) is 5.32 Å². The van der Waals surface area contributed by atoms with Crippen LogP contribution in [0.25, 0.3) is 11.0 Å².